The fourth-order valence-electron chi connectivity index (χ4n) is 3.82. The van der Waals surface area contributed by atoms with Gasteiger partial charge < -0.3 is 20.4 Å². The van der Waals surface area contributed by atoms with Gasteiger partial charge in [0, 0.05) is 34.6 Å². The van der Waals surface area contributed by atoms with Crippen LogP contribution in [0, 0.1) is 6.92 Å². The number of para-hydroxylation sites is 1. The van der Waals surface area contributed by atoms with Crippen molar-refractivity contribution in [3.05, 3.63) is 95.1 Å². The van der Waals surface area contributed by atoms with Gasteiger partial charge in [0.25, 0.3) is 11.8 Å². The Bertz CT molecular complexity index is 1110. The van der Waals surface area contributed by atoms with E-state index < -0.39 is 12.2 Å². The van der Waals surface area contributed by atoms with Crippen LogP contribution in [0.5, 0.6) is 0 Å². The van der Waals surface area contributed by atoms with Crippen molar-refractivity contribution in [1.82, 2.24) is 0 Å². The number of carbonyl (C=O) groups is 2. The van der Waals surface area contributed by atoms with Gasteiger partial charge >= 0.3 is 0 Å². The first kappa shape index (κ1) is 20.8. The highest BCUT2D eigenvalue weighted by Crippen LogP contribution is 2.33. The number of fused-ring (bicyclic) bond motifs is 1. The van der Waals surface area contributed by atoms with E-state index in [4.69, 9.17) is 0 Å². The van der Waals surface area contributed by atoms with Gasteiger partial charge in [-0.3, -0.25) is 9.59 Å². The molecule has 0 unspecified atom stereocenters. The van der Waals surface area contributed by atoms with E-state index in [2.05, 4.69) is 5.32 Å². The molecule has 2 atom stereocenters. The topological polar surface area (TPSA) is 89.9 Å². The van der Waals surface area contributed by atoms with Crippen molar-refractivity contribution < 1.29 is 19.8 Å². The van der Waals surface area contributed by atoms with E-state index in [0.717, 1.165) is 5.56 Å². The number of anilines is 2. The predicted octanol–water partition coefficient (Wildman–Crippen LogP) is 3.69. The summed E-state index contributed by atoms with van der Waals surface area (Å²) in [5.74, 6) is -0.438. The number of carbonyl (C=O) groups excluding carboxylic acids is 2. The summed E-state index contributed by atoms with van der Waals surface area (Å²) in [6, 6.07) is 21.1. The van der Waals surface area contributed by atoms with Gasteiger partial charge in [-0.25, -0.2) is 0 Å². The maximum absolute atomic E-state index is 13.2. The number of aliphatic hydroxyl groups excluding tert-OH is 2. The summed E-state index contributed by atoms with van der Waals surface area (Å²) in [6.07, 6.45) is -1.70. The number of nitrogens with one attached hydrogen (secondary N) is 1. The molecule has 31 heavy (non-hydrogen) atoms. The summed E-state index contributed by atoms with van der Waals surface area (Å²) >= 11 is 0. The van der Waals surface area contributed by atoms with E-state index in [9.17, 15) is 19.8 Å². The first-order valence-corrected chi connectivity index (χ1v) is 10.2. The summed E-state index contributed by atoms with van der Waals surface area (Å²) in [5.41, 5.74) is 3.65. The molecule has 6 heteroatoms. The Morgan fingerprint density at radius 1 is 0.935 bits per heavy atom. The smallest absolute Gasteiger partial charge is 0.258 e. The molecule has 158 valence electrons. The van der Waals surface area contributed by atoms with Crippen molar-refractivity contribution in [2.45, 2.75) is 25.6 Å². The maximum atomic E-state index is 13.2. The molecule has 3 N–H and O–H groups in total. The second-order valence-electron chi connectivity index (χ2n) is 7.66. The van der Waals surface area contributed by atoms with Crippen molar-refractivity contribution in [2.24, 2.45) is 0 Å². The number of hydrogen-bond donors (Lipinski definition) is 3. The molecule has 0 aromatic heterocycles. The molecule has 0 aliphatic carbocycles. The first-order chi connectivity index (χ1) is 15.0. The molecule has 1 heterocycles. The third-order valence-corrected chi connectivity index (χ3v) is 5.58. The third kappa shape index (κ3) is 4.21. The average molecular weight is 416 g/mol. The second-order valence-corrected chi connectivity index (χ2v) is 7.66. The number of rotatable bonds is 3. The first-order valence-electron chi connectivity index (χ1n) is 10.2. The highest BCUT2D eigenvalue weighted by molar-refractivity contribution is 6.08. The standard InChI is InChI=1S/C25H24N2O4/c1-16-6-2-3-7-19(16)24(30)26-18-12-10-17(11-13-18)25(31)27-15-14-22(28)23(29)20-8-4-5-9-21(20)27/h2-13,22-23,28-29H,14-15H2,1H3,(H,26,30)/t22-,23-/m0/s1. The molecule has 4 rings (SSSR count). The second kappa shape index (κ2) is 8.71. The summed E-state index contributed by atoms with van der Waals surface area (Å²) in [6.45, 7) is 2.17. The molecule has 6 nitrogen and oxygen atoms in total. The lowest BCUT2D eigenvalue weighted by Gasteiger charge is -2.23. The Labute approximate surface area is 180 Å². The highest BCUT2D eigenvalue weighted by atomic mass is 16.3. The summed E-state index contributed by atoms with van der Waals surface area (Å²) in [4.78, 5) is 27.3. The molecule has 0 bridgehead atoms. The average Bonchev–Trinajstić information content (AvgIpc) is 2.91. The number of benzene rings is 3. The zero-order valence-electron chi connectivity index (χ0n) is 17.2. The van der Waals surface area contributed by atoms with Crippen LogP contribution in [-0.4, -0.2) is 34.7 Å². The van der Waals surface area contributed by atoms with E-state index in [1.807, 2.05) is 25.1 Å². The lowest BCUT2D eigenvalue weighted by molar-refractivity contribution is 0.0176. The molecule has 1 aliphatic rings. The minimum Gasteiger partial charge on any atom is -0.390 e. The minimum absolute atomic E-state index is 0.207. The largest absolute Gasteiger partial charge is 0.390 e. The highest BCUT2D eigenvalue weighted by Gasteiger charge is 2.30. The van der Waals surface area contributed by atoms with Crippen molar-refractivity contribution in [3.8, 4) is 0 Å². The van der Waals surface area contributed by atoms with E-state index in [1.54, 1.807) is 59.5 Å². The molecule has 0 fully saturated rings. The molecule has 0 spiro atoms. The quantitative estimate of drug-likeness (QED) is 0.607. The van der Waals surface area contributed by atoms with Crippen LogP contribution in [0.1, 0.15) is 44.4 Å². The van der Waals surface area contributed by atoms with E-state index in [0.29, 0.717) is 34.6 Å². The molecule has 0 radical (unpaired) electrons. The Morgan fingerprint density at radius 2 is 1.61 bits per heavy atom. The lowest BCUT2D eigenvalue weighted by atomic mass is 10.0. The number of hydrogen-bond acceptors (Lipinski definition) is 4. The van der Waals surface area contributed by atoms with E-state index in [-0.39, 0.29) is 18.2 Å². The van der Waals surface area contributed by atoms with Crippen LogP contribution in [0.15, 0.2) is 72.8 Å². The molecule has 2 amide bonds. The lowest BCUT2D eigenvalue weighted by Crippen LogP contribution is -2.32. The Balaban J connectivity index is 1.54. The maximum Gasteiger partial charge on any atom is 0.258 e. The fraction of sp³-hybridized carbons (Fsp3) is 0.200. The molecule has 1 aliphatic heterocycles. The minimum atomic E-state index is -1.03. The van der Waals surface area contributed by atoms with Gasteiger partial charge in [-0.15, -0.1) is 0 Å². The summed E-state index contributed by atoms with van der Waals surface area (Å²) < 4.78 is 0. The van der Waals surface area contributed by atoms with Crippen molar-refractivity contribution >= 4 is 23.2 Å². The number of amides is 2. The fourth-order valence-corrected chi connectivity index (χ4v) is 3.82. The summed E-state index contributed by atoms with van der Waals surface area (Å²) in [7, 11) is 0. The Morgan fingerprint density at radius 3 is 2.35 bits per heavy atom. The summed E-state index contributed by atoms with van der Waals surface area (Å²) in [5, 5.41) is 23.4. The van der Waals surface area contributed by atoms with Crippen molar-refractivity contribution in [3.63, 3.8) is 0 Å². The van der Waals surface area contributed by atoms with Crippen LogP contribution in [0.25, 0.3) is 0 Å². The number of aliphatic hydroxyl groups is 2. The van der Waals surface area contributed by atoms with Gasteiger partial charge in [-0.1, -0.05) is 36.4 Å². The zero-order chi connectivity index (χ0) is 22.0. The number of aryl methyl sites for hydroxylation is 1. The number of nitrogens with zero attached hydrogens (tertiary/aromatic N) is 1. The van der Waals surface area contributed by atoms with Crippen molar-refractivity contribution in [2.75, 3.05) is 16.8 Å². The zero-order valence-corrected chi connectivity index (χ0v) is 17.2. The van der Waals surface area contributed by atoms with E-state index in [1.165, 1.54) is 0 Å². The predicted molar refractivity (Wildman–Crippen MR) is 119 cm³/mol. The normalized spacial score (nSPS) is 18.1. The van der Waals surface area contributed by atoms with Gasteiger partial charge in [0.2, 0.25) is 0 Å². The molecule has 0 saturated carbocycles. The Kier molecular flexibility index (Phi) is 5.84. The third-order valence-electron chi connectivity index (χ3n) is 5.58. The molecular weight excluding hydrogens is 392 g/mol. The van der Waals surface area contributed by atoms with Crippen LogP contribution in [0.4, 0.5) is 11.4 Å². The monoisotopic (exact) mass is 416 g/mol. The molecule has 0 saturated heterocycles. The van der Waals surface area contributed by atoms with E-state index >= 15 is 0 Å². The van der Waals surface area contributed by atoms with Crippen LogP contribution < -0.4 is 10.2 Å². The van der Waals surface area contributed by atoms with Crippen LogP contribution in [0.2, 0.25) is 0 Å². The van der Waals surface area contributed by atoms with Gasteiger partial charge in [-0.05, 0) is 55.3 Å². The van der Waals surface area contributed by atoms with Crippen molar-refractivity contribution in [1.29, 1.82) is 0 Å². The molecule has 3 aromatic rings. The van der Waals surface area contributed by atoms with Crippen LogP contribution in [-0.2, 0) is 0 Å². The van der Waals surface area contributed by atoms with Crippen LogP contribution >= 0.6 is 0 Å². The van der Waals surface area contributed by atoms with Gasteiger partial charge in [0.15, 0.2) is 0 Å². The SMILES string of the molecule is Cc1ccccc1C(=O)Nc1ccc(C(=O)N2CC[C@H](O)[C@@H](O)c3ccccc32)cc1. The van der Waals surface area contributed by atoms with Gasteiger partial charge in [0.1, 0.15) is 6.10 Å². The van der Waals surface area contributed by atoms with Gasteiger partial charge in [-0.2, -0.15) is 0 Å². The Hall–Kier alpha value is -3.48. The van der Waals surface area contributed by atoms with Gasteiger partial charge in [0.05, 0.1) is 6.10 Å². The molecule has 3 aromatic carbocycles. The molecular formula is C25H24N2O4. The van der Waals surface area contributed by atoms with Crippen LogP contribution in [0.3, 0.4) is 0 Å².